The van der Waals surface area contributed by atoms with Crippen LogP contribution in [0.2, 0.25) is 0 Å². The summed E-state index contributed by atoms with van der Waals surface area (Å²) in [6, 6.07) is 9.93. The highest BCUT2D eigenvalue weighted by atomic mass is 16.3. The zero-order chi connectivity index (χ0) is 11.2. The van der Waals surface area contributed by atoms with E-state index >= 15 is 0 Å². The Morgan fingerprint density at radius 2 is 2.06 bits per heavy atom. The molecular formula is C14H17NO. The average molecular weight is 215 g/mol. The molecule has 0 bridgehead atoms. The van der Waals surface area contributed by atoms with Crippen molar-refractivity contribution < 1.29 is 5.11 Å². The Bertz CT molecular complexity index is 373. The van der Waals surface area contributed by atoms with Gasteiger partial charge in [0.05, 0.1) is 12.6 Å². The van der Waals surface area contributed by atoms with Gasteiger partial charge in [-0.15, -0.1) is 0 Å². The monoisotopic (exact) mass is 215 g/mol. The molecule has 1 aromatic carbocycles. The minimum atomic E-state index is -0.182. The predicted octanol–water partition coefficient (Wildman–Crippen LogP) is 1.40. The Balaban J connectivity index is 1.66. The van der Waals surface area contributed by atoms with Crippen LogP contribution >= 0.6 is 0 Å². The summed E-state index contributed by atoms with van der Waals surface area (Å²) in [6.45, 7) is 1.30. The van der Waals surface area contributed by atoms with Gasteiger partial charge >= 0.3 is 0 Å². The van der Waals surface area contributed by atoms with Gasteiger partial charge in [-0.05, 0) is 30.9 Å². The largest absolute Gasteiger partial charge is 0.392 e. The molecule has 1 atom stereocenters. The maximum atomic E-state index is 9.59. The third kappa shape index (κ3) is 3.69. The lowest BCUT2D eigenvalue weighted by atomic mass is 10.2. The van der Waals surface area contributed by atoms with Gasteiger partial charge < -0.3 is 10.4 Å². The van der Waals surface area contributed by atoms with Crippen LogP contribution in [0.3, 0.4) is 0 Å². The summed E-state index contributed by atoms with van der Waals surface area (Å²) in [5.74, 6) is 6.65. The molecule has 1 fully saturated rings. The van der Waals surface area contributed by atoms with Gasteiger partial charge in [-0.3, -0.25) is 0 Å². The maximum Gasteiger partial charge on any atom is 0.0693 e. The smallest absolute Gasteiger partial charge is 0.0693 e. The Kier molecular flexibility index (Phi) is 3.98. The summed E-state index contributed by atoms with van der Waals surface area (Å²) in [6.07, 6.45) is 2.18. The summed E-state index contributed by atoms with van der Waals surface area (Å²) in [5.41, 5.74) is 1.03. The van der Waals surface area contributed by atoms with Crippen molar-refractivity contribution in [3.8, 4) is 11.8 Å². The minimum Gasteiger partial charge on any atom is -0.392 e. The summed E-state index contributed by atoms with van der Waals surface area (Å²) in [4.78, 5) is 0. The number of aliphatic hydroxyl groups excluding tert-OH is 1. The SMILES string of the molecule is OC(CNCC#Cc1ccccc1)C1CC1. The normalized spacial score (nSPS) is 16.3. The zero-order valence-corrected chi connectivity index (χ0v) is 9.32. The second-order valence-corrected chi connectivity index (χ2v) is 4.20. The van der Waals surface area contributed by atoms with Gasteiger partial charge in [0, 0.05) is 12.1 Å². The van der Waals surface area contributed by atoms with E-state index in [0.29, 0.717) is 19.0 Å². The van der Waals surface area contributed by atoms with E-state index in [4.69, 9.17) is 0 Å². The van der Waals surface area contributed by atoms with E-state index in [9.17, 15) is 5.11 Å². The van der Waals surface area contributed by atoms with Crippen molar-refractivity contribution in [2.45, 2.75) is 18.9 Å². The van der Waals surface area contributed by atoms with Crippen LogP contribution in [-0.2, 0) is 0 Å². The van der Waals surface area contributed by atoms with Crippen molar-refractivity contribution in [2.24, 2.45) is 5.92 Å². The Hall–Kier alpha value is -1.30. The van der Waals surface area contributed by atoms with E-state index in [0.717, 1.165) is 5.56 Å². The number of hydrogen-bond acceptors (Lipinski definition) is 2. The highest BCUT2D eigenvalue weighted by molar-refractivity contribution is 5.33. The van der Waals surface area contributed by atoms with Crippen LogP contribution in [0, 0.1) is 17.8 Å². The summed E-state index contributed by atoms with van der Waals surface area (Å²) >= 11 is 0. The molecule has 1 aliphatic carbocycles. The van der Waals surface area contributed by atoms with Gasteiger partial charge in [0.2, 0.25) is 0 Å². The van der Waals surface area contributed by atoms with Crippen molar-refractivity contribution in [3.63, 3.8) is 0 Å². The van der Waals surface area contributed by atoms with Gasteiger partial charge in [0.1, 0.15) is 0 Å². The minimum absolute atomic E-state index is 0.182. The fourth-order valence-electron chi connectivity index (χ4n) is 1.60. The van der Waals surface area contributed by atoms with E-state index in [1.54, 1.807) is 0 Å². The predicted molar refractivity (Wildman–Crippen MR) is 64.9 cm³/mol. The lowest BCUT2D eigenvalue weighted by Crippen LogP contribution is -2.28. The lowest BCUT2D eigenvalue weighted by Gasteiger charge is -2.07. The molecule has 84 valence electrons. The van der Waals surface area contributed by atoms with Gasteiger partial charge in [0.25, 0.3) is 0 Å². The van der Waals surface area contributed by atoms with E-state index in [2.05, 4.69) is 17.2 Å². The molecular weight excluding hydrogens is 198 g/mol. The van der Waals surface area contributed by atoms with E-state index in [1.165, 1.54) is 12.8 Å². The molecule has 1 unspecified atom stereocenters. The zero-order valence-electron chi connectivity index (χ0n) is 9.32. The number of nitrogens with one attached hydrogen (secondary N) is 1. The number of aliphatic hydroxyl groups is 1. The van der Waals surface area contributed by atoms with Gasteiger partial charge in [-0.2, -0.15) is 0 Å². The Morgan fingerprint density at radius 1 is 1.31 bits per heavy atom. The summed E-state index contributed by atoms with van der Waals surface area (Å²) < 4.78 is 0. The van der Waals surface area contributed by atoms with Crippen LogP contribution in [0.5, 0.6) is 0 Å². The standard InChI is InChI=1S/C14H17NO/c16-14(13-8-9-13)11-15-10-4-7-12-5-2-1-3-6-12/h1-3,5-6,13-16H,8-11H2. The van der Waals surface area contributed by atoms with Crippen LogP contribution < -0.4 is 5.32 Å². The molecule has 2 rings (SSSR count). The molecule has 1 aromatic rings. The van der Waals surface area contributed by atoms with Crippen LogP contribution in [0.4, 0.5) is 0 Å². The first-order valence-electron chi connectivity index (χ1n) is 5.79. The van der Waals surface area contributed by atoms with E-state index < -0.39 is 0 Å². The molecule has 0 amide bonds. The molecule has 0 radical (unpaired) electrons. The molecule has 0 aromatic heterocycles. The van der Waals surface area contributed by atoms with Crippen molar-refractivity contribution in [1.29, 1.82) is 0 Å². The third-order valence-electron chi connectivity index (χ3n) is 2.74. The first-order valence-corrected chi connectivity index (χ1v) is 5.79. The van der Waals surface area contributed by atoms with Crippen LogP contribution in [0.25, 0.3) is 0 Å². The van der Waals surface area contributed by atoms with Crippen LogP contribution in [-0.4, -0.2) is 24.3 Å². The van der Waals surface area contributed by atoms with Gasteiger partial charge in [0.15, 0.2) is 0 Å². The number of rotatable bonds is 4. The average Bonchev–Trinajstić information content (AvgIpc) is 3.13. The van der Waals surface area contributed by atoms with Crippen molar-refractivity contribution >= 4 is 0 Å². The molecule has 1 saturated carbocycles. The van der Waals surface area contributed by atoms with Crippen LogP contribution in [0.15, 0.2) is 30.3 Å². The second-order valence-electron chi connectivity index (χ2n) is 4.20. The van der Waals surface area contributed by atoms with Crippen molar-refractivity contribution in [1.82, 2.24) is 5.32 Å². The molecule has 2 N–H and O–H groups in total. The fourth-order valence-corrected chi connectivity index (χ4v) is 1.60. The Labute approximate surface area is 96.7 Å². The second kappa shape index (κ2) is 5.69. The first kappa shape index (κ1) is 11.2. The van der Waals surface area contributed by atoms with Gasteiger partial charge in [-0.1, -0.05) is 30.0 Å². The molecule has 2 nitrogen and oxygen atoms in total. The molecule has 0 aliphatic heterocycles. The highest BCUT2D eigenvalue weighted by Gasteiger charge is 2.28. The number of benzene rings is 1. The van der Waals surface area contributed by atoms with Crippen LogP contribution in [0.1, 0.15) is 18.4 Å². The molecule has 0 heterocycles. The van der Waals surface area contributed by atoms with E-state index in [1.807, 2.05) is 30.3 Å². The third-order valence-corrected chi connectivity index (χ3v) is 2.74. The first-order chi connectivity index (χ1) is 7.86. The van der Waals surface area contributed by atoms with Crippen molar-refractivity contribution in [3.05, 3.63) is 35.9 Å². The molecule has 1 aliphatic rings. The lowest BCUT2D eigenvalue weighted by molar-refractivity contribution is 0.150. The molecule has 0 spiro atoms. The van der Waals surface area contributed by atoms with Gasteiger partial charge in [-0.25, -0.2) is 0 Å². The van der Waals surface area contributed by atoms with Crippen molar-refractivity contribution in [2.75, 3.05) is 13.1 Å². The summed E-state index contributed by atoms with van der Waals surface area (Å²) in [7, 11) is 0. The quantitative estimate of drug-likeness (QED) is 0.588. The van der Waals surface area contributed by atoms with E-state index in [-0.39, 0.29) is 6.10 Å². The summed E-state index contributed by atoms with van der Waals surface area (Å²) in [5, 5.41) is 12.7. The molecule has 2 heteroatoms. The maximum absolute atomic E-state index is 9.59. The Morgan fingerprint density at radius 3 is 2.75 bits per heavy atom. The molecule has 16 heavy (non-hydrogen) atoms. The topological polar surface area (TPSA) is 32.3 Å². The number of hydrogen-bond donors (Lipinski definition) is 2. The molecule has 0 saturated heterocycles. The fraction of sp³-hybridized carbons (Fsp3) is 0.429. The highest BCUT2D eigenvalue weighted by Crippen LogP contribution is 2.32.